The molecule has 2 rings (SSSR count). The number of amides is 1. The third-order valence-corrected chi connectivity index (χ3v) is 3.42. The van der Waals surface area contributed by atoms with E-state index in [0.29, 0.717) is 36.7 Å². The summed E-state index contributed by atoms with van der Waals surface area (Å²) in [5.74, 6) is -0.194. The van der Waals surface area contributed by atoms with E-state index in [0.717, 1.165) is 6.42 Å². The van der Waals surface area contributed by atoms with Crippen molar-refractivity contribution in [3.05, 3.63) is 23.5 Å². The van der Waals surface area contributed by atoms with Crippen LogP contribution in [0.5, 0.6) is 0 Å². The summed E-state index contributed by atoms with van der Waals surface area (Å²) in [4.78, 5) is 16.2. The summed E-state index contributed by atoms with van der Waals surface area (Å²) in [6, 6.07) is 1.63. The van der Waals surface area contributed by atoms with Crippen LogP contribution in [-0.2, 0) is 9.47 Å². The molecule has 1 aromatic heterocycles. The SMILES string of the molecule is COC1(CNC(=O)c2cc(N)cnc2C)CCOC1. The van der Waals surface area contributed by atoms with Crippen molar-refractivity contribution in [1.82, 2.24) is 10.3 Å². The minimum absolute atomic E-state index is 0.194. The first-order valence-electron chi connectivity index (χ1n) is 6.19. The van der Waals surface area contributed by atoms with Gasteiger partial charge in [0.15, 0.2) is 0 Å². The van der Waals surface area contributed by atoms with Crippen LogP contribution in [0.4, 0.5) is 5.69 Å². The summed E-state index contributed by atoms with van der Waals surface area (Å²) in [6.45, 7) is 3.34. The third-order valence-electron chi connectivity index (χ3n) is 3.42. The van der Waals surface area contributed by atoms with Gasteiger partial charge in [0.05, 0.1) is 29.7 Å². The number of nitrogens with two attached hydrogens (primary N) is 1. The molecule has 1 fully saturated rings. The van der Waals surface area contributed by atoms with Crippen molar-refractivity contribution in [3.63, 3.8) is 0 Å². The Balaban J connectivity index is 2.03. The highest BCUT2D eigenvalue weighted by Crippen LogP contribution is 2.21. The second kappa shape index (κ2) is 5.54. The average molecular weight is 265 g/mol. The first-order valence-corrected chi connectivity index (χ1v) is 6.19. The van der Waals surface area contributed by atoms with E-state index >= 15 is 0 Å². The molecule has 0 saturated carbocycles. The number of aryl methyl sites for hydroxylation is 1. The smallest absolute Gasteiger partial charge is 0.253 e. The molecule has 1 atom stereocenters. The van der Waals surface area contributed by atoms with Crippen LogP contribution in [0, 0.1) is 6.92 Å². The molecule has 1 aromatic rings. The number of pyridine rings is 1. The van der Waals surface area contributed by atoms with Crippen molar-refractivity contribution < 1.29 is 14.3 Å². The van der Waals surface area contributed by atoms with Crippen LogP contribution in [-0.4, -0.2) is 43.4 Å². The van der Waals surface area contributed by atoms with Gasteiger partial charge in [0.25, 0.3) is 5.91 Å². The molecule has 0 spiro atoms. The summed E-state index contributed by atoms with van der Waals surface area (Å²) in [5.41, 5.74) is 6.85. The minimum Gasteiger partial charge on any atom is -0.397 e. The Morgan fingerprint density at radius 3 is 3.11 bits per heavy atom. The van der Waals surface area contributed by atoms with E-state index in [1.807, 2.05) is 0 Å². The number of ether oxygens (including phenoxy) is 2. The number of nitrogen functional groups attached to an aromatic ring is 1. The molecule has 6 nitrogen and oxygen atoms in total. The zero-order valence-corrected chi connectivity index (χ0v) is 11.2. The van der Waals surface area contributed by atoms with E-state index in [2.05, 4.69) is 10.3 Å². The van der Waals surface area contributed by atoms with Crippen molar-refractivity contribution in [2.45, 2.75) is 18.9 Å². The van der Waals surface area contributed by atoms with Gasteiger partial charge in [-0.05, 0) is 13.0 Å². The highest BCUT2D eigenvalue weighted by atomic mass is 16.5. The molecule has 0 radical (unpaired) electrons. The van der Waals surface area contributed by atoms with E-state index in [1.54, 1.807) is 20.1 Å². The van der Waals surface area contributed by atoms with E-state index < -0.39 is 5.60 Å². The zero-order chi connectivity index (χ0) is 13.9. The number of carbonyl (C=O) groups is 1. The Morgan fingerprint density at radius 1 is 1.68 bits per heavy atom. The Hall–Kier alpha value is -1.66. The summed E-state index contributed by atoms with van der Waals surface area (Å²) < 4.78 is 10.8. The number of nitrogens with one attached hydrogen (secondary N) is 1. The fourth-order valence-electron chi connectivity index (χ4n) is 2.08. The molecule has 3 N–H and O–H groups in total. The number of anilines is 1. The molecular formula is C13H19N3O3. The van der Waals surface area contributed by atoms with Gasteiger partial charge in [0.1, 0.15) is 5.60 Å². The molecule has 1 aliphatic rings. The second-order valence-electron chi connectivity index (χ2n) is 4.77. The van der Waals surface area contributed by atoms with Crippen molar-refractivity contribution in [1.29, 1.82) is 0 Å². The molecule has 104 valence electrons. The van der Waals surface area contributed by atoms with Gasteiger partial charge < -0.3 is 20.5 Å². The van der Waals surface area contributed by atoms with Crippen LogP contribution in [0.3, 0.4) is 0 Å². The largest absolute Gasteiger partial charge is 0.397 e. The van der Waals surface area contributed by atoms with Crippen molar-refractivity contribution in [2.75, 3.05) is 32.6 Å². The van der Waals surface area contributed by atoms with E-state index in [-0.39, 0.29) is 5.91 Å². The predicted octanol–water partition coefficient (Wildman–Crippen LogP) is 0.508. The number of hydrogen-bond donors (Lipinski definition) is 2. The Bertz CT molecular complexity index is 470. The molecule has 2 heterocycles. The average Bonchev–Trinajstić information content (AvgIpc) is 2.88. The lowest BCUT2D eigenvalue weighted by molar-refractivity contribution is -0.0148. The monoisotopic (exact) mass is 265 g/mol. The molecular weight excluding hydrogens is 246 g/mol. The van der Waals surface area contributed by atoms with Gasteiger partial charge in [-0.25, -0.2) is 0 Å². The fourth-order valence-corrected chi connectivity index (χ4v) is 2.08. The summed E-state index contributed by atoms with van der Waals surface area (Å²) in [5, 5.41) is 2.86. The molecule has 0 aliphatic carbocycles. The molecule has 1 amide bonds. The van der Waals surface area contributed by atoms with Gasteiger partial charge in [-0.15, -0.1) is 0 Å². The maximum Gasteiger partial charge on any atom is 0.253 e. The third kappa shape index (κ3) is 3.02. The van der Waals surface area contributed by atoms with Crippen molar-refractivity contribution in [2.24, 2.45) is 0 Å². The van der Waals surface area contributed by atoms with Crippen LogP contribution in [0.15, 0.2) is 12.3 Å². The van der Waals surface area contributed by atoms with Gasteiger partial charge >= 0.3 is 0 Å². The Kier molecular flexibility index (Phi) is 4.01. The Labute approximate surface area is 112 Å². The van der Waals surface area contributed by atoms with Crippen LogP contribution < -0.4 is 11.1 Å². The van der Waals surface area contributed by atoms with E-state index in [9.17, 15) is 4.79 Å². The molecule has 1 aliphatic heterocycles. The van der Waals surface area contributed by atoms with Crippen LogP contribution >= 0.6 is 0 Å². The van der Waals surface area contributed by atoms with Gasteiger partial charge in [0, 0.05) is 26.7 Å². The minimum atomic E-state index is -0.419. The number of aromatic nitrogens is 1. The zero-order valence-electron chi connectivity index (χ0n) is 11.2. The normalized spacial score (nSPS) is 22.4. The first-order chi connectivity index (χ1) is 9.06. The predicted molar refractivity (Wildman–Crippen MR) is 70.9 cm³/mol. The summed E-state index contributed by atoms with van der Waals surface area (Å²) in [7, 11) is 1.63. The number of methoxy groups -OCH3 is 1. The maximum atomic E-state index is 12.1. The van der Waals surface area contributed by atoms with Gasteiger partial charge in [-0.3, -0.25) is 9.78 Å². The van der Waals surface area contributed by atoms with Crippen molar-refractivity contribution >= 4 is 11.6 Å². The first kappa shape index (κ1) is 13.8. The molecule has 0 aromatic carbocycles. The molecule has 1 unspecified atom stereocenters. The lowest BCUT2D eigenvalue weighted by Crippen LogP contribution is -2.45. The summed E-state index contributed by atoms with van der Waals surface area (Å²) in [6.07, 6.45) is 2.31. The maximum absolute atomic E-state index is 12.1. The molecule has 19 heavy (non-hydrogen) atoms. The van der Waals surface area contributed by atoms with E-state index in [1.165, 1.54) is 6.20 Å². The number of nitrogens with zero attached hydrogens (tertiary/aromatic N) is 1. The fraction of sp³-hybridized carbons (Fsp3) is 0.538. The lowest BCUT2D eigenvalue weighted by Gasteiger charge is -2.26. The van der Waals surface area contributed by atoms with Gasteiger partial charge in [-0.2, -0.15) is 0 Å². The van der Waals surface area contributed by atoms with Crippen LogP contribution in [0.2, 0.25) is 0 Å². The molecule has 1 saturated heterocycles. The lowest BCUT2D eigenvalue weighted by atomic mass is 10.0. The van der Waals surface area contributed by atoms with Crippen molar-refractivity contribution in [3.8, 4) is 0 Å². The highest BCUT2D eigenvalue weighted by Gasteiger charge is 2.35. The Morgan fingerprint density at radius 2 is 2.47 bits per heavy atom. The van der Waals surface area contributed by atoms with E-state index in [4.69, 9.17) is 15.2 Å². The topological polar surface area (TPSA) is 86.5 Å². The van der Waals surface area contributed by atoms with Gasteiger partial charge in [-0.1, -0.05) is 0 Å². The van der Waals surface area contributed by atoms with Crippen LogP contribution in [0.1, 0.15) is 22.5 Å². The standard InChI is InChI=1S/C13H19N3O3/c1-9-11(5-10(14)6-15-9)12(17)16-7-13(18-2)3-4-19-8-13/h5-6H,3-4,7-8,14H2,1-2H3,(H,16,17). The highest BCUT2D eigenvalue weighted by molar-refractivity contribution is 5.95. The number of rotatable bonds is 4. The van der Waals surface area contributed by atoms with Crippen LogP contribution in [0.25, 0.3) is 0 Å². The quantitative estimate of drug-likeness (QED) is 0.828. The number of carbonyl (C=O) groups excluding carboxylic acids is 1. The second-order valence-corrected chi connectivity index (χ2v) is 4.77. The molecule has 6 heteroatoms. The molecule has 0 bridgehead atoms. The number of hydrogen-bond acceptors (Lipinski definition) is 5. The van der Waals surface area contributed by atoms with Gasteiger partial charge in [0.2, 0.25) is 0 Å². The summed E-state index contributed by atoms with van der Waals surface area (Å²) >= 11 is 0.